The molecular weight excluding hydrogens is 285 g/mol. The monoisotopic (exact) mass is 293 g/mol. The summed E-state index contributed by atoms with van der Waals surface area (Å²) in [6, 6.07) is 2.80. The van der Waals surface area contributed by atoms with Gasteiger partial charge in [0.1, 0.15) is 0 Å². The van der Waals surface area contributed by atoms with Gasteiger partial charge in [0, 0.05) is 23.2 Å². The van der Waals surface area contributed by atoms with Gasteiger partial charge < -0.3 is 5.11 Å². The number of nitro benzene ring substituents is 1. The van der Waals surface area contributed by atoms with Gasteiger partial charge in [-0.1, -0.05) is 11.6 Å². The third-order valence-corrected chi connectivity index (χ3v) is 3.20. The first-order valence-electron chi connectivity index (χ1n) is 4.29. The van der Waals surface area contributed by atoms with Crippen molar-refractivity contribution in [2.45, 2.75) is 12.8 Å². The van der Waals surface area contributed by atoms with Crippen LogP contribution in [0.3, 0.4) is 0 Å². The molecule has 0 aromatic heterocycles. The molecule has 1 rings (SSSR count). The Hall–Kier alpha value is -0.650. The number of aliphatic hydroxyl groups is 1. The van der Waals surface area contributed by atoms with Gasteiger partial charge in [0.15, 0.2) is 0 Å². The zero-order valence-corrected chi connectivity index (χ0v) is 10.1. The lowest BCUT2D eigenvalue weighted by molar-refractivity contribution is -0.385. The highest BCUT2D eigenvalue weighted by atomic mass is 79.9. The molecule has 0 aliphatic heterocycles. The first-order chi connectivity index (χ1) is 7.06. The molecular formula is C9H9BrClNO3. The summed E-state index contributed by atoms with van der Waals surface area (Å²) >= 11 is 9.11. The number of halogens is 2. The van der Waals surface area contributed by atoms with E-state index in [2.05, 4.69) is 15.9 Å². The van der Waals surface area contributed by atoms with E-state index >= 15 is 0 Å². The molecule has 0 bridgehead atoms. The fourth-order valence-electron chi connectivity index (χ4n) is 1.19. The van der Waals surface area contributed by atoms with Crippen LogP contribution in [-0.2, 0) is 6.42 Å². The number of non-ortho nitro benzene ring substituents is 1. The highest BCUT2D eigenvalue weighted by Gasteiger charge is 2.13. The summed E-state index contributed by atoms with van der Waals surface area (Å²) in [6.45, 7) is 0.0383. The van der Waals surface area contributed by atoms with Crippen LogP contribution >= 0.6 is 27.5 Å². The van der Waals surface area contributed by atoms with Gasteiger partial charge in [0.25, 0.3) is 5.69 Å². The number of nitrogens with zero attached hydrogens (tertiary/aromatic N) is 1. The van der Waals surface area contributed by atoms with Crippen LogP contribution in [0.5, 0.6) is 0 Å². The molecule has 0 atom stereocenters. The molecule has 0 saturated carbocycles. The van der Waals surface area contributed by atoms with Crippen molar-refractivity contribution in [3.05, 3.63) is 37.3 Å². The second-order valence-corrected chi connectivity index (χ2v) is 4.22. The molecule has 82 valence electrons. The minimum absolute atomic E-state index is 0.000727. The van der Waals surface area contributed by atoms with E-state index in [1.807, 2.05) is 0 Å². The summed E-state index contributed by atoms with van der Waals surface area (Å²) in [5.41, 5.74) is 0.672. The molecule has 0 spiro atoms. The van der Waals surface area contributed by atoms with Gasteiger partial charge >= 0.3 is 0 Å². The summed E-state index contributed by atoms with van der Waals surface area (Å²) in [5.74, 6) is 0. The molecule has 0 aliphatic carbocycles. The maximum atomic E-state index is 10.6. The van der Waals surface area contributed by atoms with Gasteiger partial charge in [-0.2, -0.15) is 0 Å². The quantitative estimate of drug-likeness (QED) is 0.686. The van der Waals surface area contributed by atoms with Crippen LogP contribution in [0.2, 0.25) is 5.02 Å². The van der Waals surface area contributed by atoms with Crippen LogP contribution in [0.4, 0.5) is 5.69 Å². The van der Waals surface area contributed by atoms with Gasteiger partial charge in [-0.05, 0) is 34.3 Å². The van der Waals surface area contributed by atoms with Crippen LogP contribution in [0.25, 0.3) is 0 Å². The van der Waals surface area contributed by atoms with Crippen molar-refractivity contribution in [2.75, 3.05) is 6.61 Å². The van der Waals surface area contributed by atoms with Gasteiger partial charge in [-0.15, -0.1) is 0 Å². The van der Waals surface area contributed by atoms with Crippen LogP contribution < -0.4 is 0 Å². The Kier molecular flexibility index (Phi) is 4.50. The number of aliphatic hydroxyl groups excluding tert-OH is 1. The largest absolute Gasteiger partial charge is 0.396 e. The molecule has 4 nitrogen and oxygen atoms in total. The molecule has 0 heterocycles. The first-order valence-corrected chi connectivity index (χ1v) is 5.46. The van der Waals surface area contributed by atoms with E-state index in [9.17, 15) is 10.1 Å². The molecule has 0 fully saturated rings. The smallest absolute Gasteiger partial charge is 0.270 e. The van der Waals surface area contributed by atoms with Crippen molar-refractivity contribution in [3.8, 4) is 0 Å². The van der Waals surface area contributed by atoms with E-state index in [0.29, 0.717) is 27.9 Å². The highest BCUT2D eigenvalue weighted by molar-refractivity contribution is 9.10. The van der Waals surface area contributed by atoms with E-state index in [-0.39, 0.29) is 12.3 Å². The number of benzene rings is 1. The van der Waals surface area contributed by atoms with Gasteiger partial charge in [0.05, 0.1) is 9.95 Å². The fraction of sp³-hybridized carbons (Fsp3) is 0.333. The van der Waals surface area contributed by atoms with Crippen molar-refractivity contribution >= 4 is 33.2 Å². The van der Waals surface area contributed by atoms with Crippen LogP contribution in [0.15, 0.2) is 16.6 Å². The van der Waals surface area contributed by atoms with E-state index in [1.54, 1.807) is 0 Å². The summed E-state index contributed by atoms with van der Waals surface area (Å²) in [5, 5.41) is 19.7. The van der Waals surface area contributed by atoms with Crippen LogP contribution in [0.1, 0.15) is 12.0 Å². The Morgan fingerprint density at radius 2 is 2.20 bits per heavy atom. The van der Waals surface area contributed by atoms with E-state index in [0.717, 1.165) is 0 Å². The van der Waals surface area contributed by atoms with E-state index in [4.69, 9.17) is 16.7 Å². The Morgan fingerprint density at radius 1 is 1.53 bits per heavy atom. The Bertz CT molecular complexity index is 384. The van der Waals surface area contributed by atoms with Crippen molar-refractivity contribution in [1.29, 1.82) is 0 Å². The third kappa shape index (κ3) is 3.15. The number of nitro groups is 1. The molecule has 0 radical (unpaired) electrons. The number of hydrogen-bond donors (Lipinski definition) is 1. The van der Waals surface area contributed by atoms with Gasteiger partial charge in [-0.3, -0.25) is 10.1 Å². The van der Waals surface area contributed by atoms with Crippen molar-refractivity contribution in [2.24, 2.45) is 0 Å². The average Bonchev–Trinajstić information content (AvgIpc) is 2.19. The molecule has 15 heavy (non-hydrogen) atoms. The predicted molar refractivity (Wildman–Crippen MR) is 61.2 cm³/mol. The topological polar surface area (TPSA) is 63.4 Å². The third-order valence-electron chi connectivity index (χ3n) is 1.90. The summed E-state index contributed by atoms with van der Waals surface area (Å²) in [6.07, 6.45) is 1.06. The van der Waals surface area contributed by atoms with Crippen LogP contribution in [0, 0.1) is 10.1 Å². The Balaban J connectivity index is 3.07. The molecule has 1 aromatic rings. The molecule has 1 N–H and O–H groups in total. The second-order valence-electron chi connectivity index (χ2n) is 2.98. The minimum atomic E-state index is -0.469. The SMILES string of the molecule is O=[N+]([O-])c1cc(Br)c(Cl)c(CCCO)c1. The Morgan fingerprint density at radius 3 is 2.73 bits per heavy atom. The average molecular weight is 295 g/mol. The summed E-state index contributed by atoms with van der Waals surface area (Å²) < 4.78 is 0.506. The number of rotatable bonds is 4. The molecule has 0 aliphatic rings. The van der Waals surface area contributed by atoms with Crippen LogP contribution in [-0.4, -0.2) is 16.6 Å². The number of aryl methyl sites for hydroxylation is 1. The van der Waals surface area contributed by atoms with Crippen molar-refractivity contribution in [3.63, 3.8) is 0 Å². The first kappa shape index (κ1) is 12.4. The van der Waals surface area contributed by atoms with E-state index < -0.39 is 4.92 Å². The molecule has 0 unspecified atom stereocenters. The van der Waals surface area contributed by atoms with E-state index in [1.165, 1.54) is 12.1 Å². The normalized spacial score (nSPS) is 10.3. The lowest BCUT2D eigenvalue weighted by Gasteiger charge is -2.05. The minimum Gasteiger partial charge on any atom is -0.396 e. The standard InChI is InChI=1S/C9H9BrClNO3/c10-8-5-7(12(14)15)4-6(9(8)11)2-1-3-13/h4-5,13H,1-3H2. The lowest BCUT2D eigenvalue weighted by Crippen LogP contribution is -1.95. The zero-order valence-electron chi connectivity index (χ0n) is 7.74. The van der Waals surface area contributed by atoms with Gasteiger partial charge in [-0.25, -0.2) is 0 Å². The lowest BCUT2D eigenvalue weighted by atomic mass is 10.1. The predicted octanol–water partition coefficient (Wildman–Crippen LogP) is 2.94. The van der Waals surface area contributed by atoms with Crippen molar-refractivity contribution in [1.82, 2.24) is 0 Å². The molecule has 0 amide bonds. The maximum Gasteiger partial charge on any atom is 0.270 e. The second kappa shape index (κ2) is 5.44. The van der Waals surface area contributed by atoms with Crippen molar-refractivity contribution < 1.29 is 10.0 Å². The zero-order chi connectivity index (χ0) is 11.4. The summed E-state index contributed by atoms with van der Waals surface area (Å²) in [4.78, 5) is 10.1. The molecule has 0 saturated heterocycles. The van der Waals surface area contributed by atoms with Gasteiger partial charge in [0.2, 0.25) is 0 Å². The molecule has 6 heteroatoms. The summed E-state index contributed by atoms with van der Waals surface area (Å²) in [7, 11) is 0. The Labute approximate surface area is 100 Å². The highest BCUT2D eigenvalue weighted by Crippen LogP contribution is 2.31. The maximum absolute atomic E-state index is 10.6. The fourth-order valence-corrected chi connectivity index (χ4v) is 1.88. The molecule has 1 aromatic carbocycles. The number of hydrogen-bond acceptors (Lipinski definition) is 3.